The first-order chi connectivity index (χ1) is 9.86. The van der Waals surface area contributed by atoms with Gasteiger partial charge in [-0.15, -0.1) is 0 Å². The molecule has 1 aromatic rings. The quantitative estimate of drug-likeness (QED) is 0.885. The van der Waals surface area contributed by atoms with Crippen LogP contribution in [0.15, 0.2) is 17.0 Å². The molecule has 1 aliphatic carbocycles. The Balaban J connectivity index is 2.32. The van der Waals surface area contributed by atoms with Gasteiger partial charge in [-0.25, -0.2) is 12.7 Å². The van der Waals surface area contributed by atoms with Crippen molar-refractivity contribution in [3.63, 3.8) is 0 Å². The lowest BCUT2D eigenvalue weighted by Crippen LogP contribution is -2.31. The largest absolute Gasteiger partial charge is 0.392 e. The molecule has 0 amide bonds. The predicted octanol–water partition coefficient (Wildman–Crippen LogP) is 3.30. The molecule has 1 fully saturated rings. The highest BCUT2D eigenvalue weighted by Gasteiger charge is 2.28. The third-order valence-electron chi connectivity index (χ3n) is 3.93. The molecule has 1 N–H and O–H groups in total. The van der Waals surface area contributed by atoms with Crippen molar-refractivity contribution in [2.75, 3.05) is 13.6 Å². The maximum Gasteiger partial charge on any atom is 0.244 e. The van der Waals surface area contributed by atoms with E-state index in [1.54, 1.807) is 7.05 Å². The van der Waals surface area contributed by atoms with E-state index in [-0.39, 0.29) is 21.5 Å². The Morgan fingerprint density at radius 1 is 1.29 bits per heavy atom. The number of benzene rings is 1. The fraction of sp³-hybridized carbons (Fsp3) is 0.571. The van der Waals surface area contributed by atoms with Crippen LogP contribution in [0.4, 0.5) is 0 Å². The summed E-state index contributed by atoms with van der Waals surface area (Å²) in [6, 6.07) is 2.81. The Bertz CT molecular complexity index is 613. The van der Waals surface area contributed by atoms with Gasteiger partial charge in [0.15, 0.2) is 0 Å². The molecular formula is C14H19Cl2NO3S. The number of nitrogens with zero attached hydrogens (tertiary/aromatic N) is 1. The summed E-state index contributed by atoms with van der Waals surface area (Å²) in [5.74, 6) is 0.403. The monoisotopic (exact) mass is 351 g/mol. The Morgan fingerprint density at radius 2 is 1.90 bits per heavy atom. The lowest BCUT2D eigenvalue weighted by Gasteiger charge is -2.22. The molecule has 0 aliphatic heterocycles. The summed E-state index contributed by atoms with van der Waals surface area (Å²) < 4.78 is 26.7. The fourth-order valence-electron chi connectivity index (χ4n) is 2.74. The van der Waals surface area contributed by atoms with E-state index in [0.717, 1.165) is 25.7 Å². The summed E-state index contributed by atoms with van der Waals surface area (Å²) in [4.78, 5) is -0.0405. The number of sulfonamides is 1. The maximum atomic E-state index is 12.7. The van der Waals surface area contributed by atoms with Crippen LogP contribution in [0.25, 0.3) is 0 Å². The molecule has 0 unspecified atom stereocenters. The molecule has 0 spiro atoms. The summed E-state index contributed by atoms with van der Waals surface area (Å²) in [6.45, 7) is 0.133. The number of hydrogen-bond donors (Lipinski definition) is 1. The number of rotatable bonds is 5. The van der Waals surface area contributed by atoms with Gasteiger partial charge in [0.05, 0.1) is 11.6 Å². The molecule has 1 saturated carbocycles. The summed E-state index contributed by atoms with van der Waals surface area (Å²) in [6.07, 6.45) is 4.44. The zero-order valence-electron chi connectivity index (χ0n) is 11.8. The second kappa shape index (κ2) is 6.84. The molecule has 1 aliphatic rings. The first-order valence-corrected chi connectivity index (χ1v) is 9.11. The smallest absolute Gasteiger partial charge is 0.244 e. The van der Waals surface area contributed by atoms with E-state index in [1.807, 2.05) is 0 Å². The molecule has 1 aromatic carbocycles. The molecule has 0 aromatic heterocycles. The van der Waals surface area contributed by atoms with Crippen molar-refractivity contribution in [1.82, 2.24) is 4.31 Å². The maximum absolute atomic E-state index is 12.7. The van der Waals surface area contributed by atoms with E-state index in [4.69, 9.17) is 23.2 Å². The molecular weight excluding hydrogens is 333 g/mol. The SMILES string of the molecule is CN(CC1CCCC1)S(=O)(=O)c1cc(Cl)cc(CO)c1Cl. The number of aliphatic hydroxyl groups is 1. The van der Waals surface area contributed by atoms with Crippen LogP contribution in [0.3, 0.4) is 0 Å². The van der Waals surface area contributed by atoms with Crippen molar-refractivity contribution >= 4 is 33.2 Å². The average molecular weight is 352 g/mol. The number of aliphatic hydroxyl groups excluding tert-OH is 1. The highest BCUT2D eigenvalue weighted by molar-refractivity contribution is 7.89. The second-order valence-electron chi connectivity index (χ2n) is 5.47. The van der Waals surface area contributed by atoms with E-state index in [0.29, 0.717) is 18.0 Å². The first-order valence-electron chi connectivity index (χ1n) is 6.91. The molecule has 21 heavy (non-hydrogen) atoms. The van der Waals surface area contributed by atoms with Crippen molar-refractivity contribution in [3.05, 3.63) is 27.7 Å². The summed E-state index contributed by atoms with van der Waals surface area (Å²) in [7, 11) is -2.15. The third-order valence-corrected chi connectivity index (χ3v) is 6.55. The summed E-state index contributed by atoms with van der Waals surface area (Å²) >= 11 is 12.0. The molecule has 0 atom stereocenters. The van der Waals surface area contributed by atoms with Gasteiger partial charge in [-0.1, -0.05) is 36.0 Å². The van der Waals surface area contributed by atoms with Crippen molar-refractivity contribution in [2.24, 2.45) is 5.92 Å². The molecule has 2 rings (SSSR count). The van der Waals surface area contributed by atoms with Crippen LogP contribution in [-0.4, -0.2) is 31.4 Å². The molecule has 0 bridgehead atoms. The third kappa shape index (κ3) is 3.71. The second-order valence-corrected chi connectivity index (χ2v) is 8.30. The molecule has 7 heteroatoms. The normalized spacial score (nSPS) is 16.8. The van der Waals surface area contributed by atoms with Gasteiger partial charge < -0.3 is 5.11 Å². The van der Waals surface area contributed by atoms with Crippen molar-refractivity contribution in [3.8, 4) is 0 Å². The van der Waals surface area contributed by atoms with E-state index < -0.39 is 10.0 Å². The number of halogens is 2. The predicted molar refractivity (Wildman–Crippen MR) is 84.2 cm³/mol. The van der Waals surface area contributed by atoms with Crippen LogP contribution in [0.1, 0.15) is 31.2 Å². The lowest BCUT2D eigenvalue weighted by atomic mass is 10.1. The van der Waals surface area contributed by atoms with Gasteiger partial charge in [0, 0.05) is 18.6 Å². The van der Waals surface area contributed by atoms with E-state index in [9.17, 15) is 13.5 Å². The van der Waals surface area contributed by atoms with E-state index >= 15 is 0 Å². The highest BCUT2D eigenvalue weighted by Crippen LogP contribution is 2.32. The van der Waals surface area contributed by atoms with Crippen molar-refractivity contribution in [1.29, 1.82) is 0 Å². The number of hydrogen-bond acceptors (Lipinski definition) is 3. The minimum atomic E-state index is -3.71. The van der Waals surface area contributed by atoms with Crippen LogP contribution in [0, 0.1) is 5.92 Å². The average Bonchev–Trinajstić information content (AvgIpc) is 2.93. The van der Waals surface area contributed by atoms with E-state index in [1.165, 1.54) is 16.4 Å². The van der Waals surface area contributed by atoms with Crippen LogP contribution in [0.2, 0.25) is 10.0 Å². The standard InChI is InChI=1S/C14H19Cl2NO3S/c1-17(8-10-4-2-3-5-10)21(19,20)13-7-12(15)6-11(9-18)14(13)16/h6-7,10,18H,2-5,8-9H2,1H3. The first kappa shape index (κ1) is 17.0. The van der Waals surface area contributed by atoms with Gasteiger partial charge in [-0.05, 0) is 36.5 Å². The van der Waals surface area contributed by atoms with Crippen LogP contribution < -0.4 is 0 Å². The topological polar surface area (TPSA) is 57.6 Å². The minimum absolute atomic E-state index is 0.0405. The van der Waals surface area contributed by atoms with Crippen molar-refractivity contribution < 1.29 is 13.5 Å². The van der Waals surface area contributed by atoms with Crippen molar-refractivity contribution in [2.45, 2.75) is 37.2 Å². The zero-order chi connectivity index (χ0) is 15.6. The molecule has 0 saturated heterocycles. The molecule has 4 nitrogen and oxygen atoms in total. The van der Waals surface area contributed by atoms with Gasteiger partial charge >= 0.3 is 0 Å². The Kier molecular flexibility index (Phi) is 5.54. The fourth-order valence-corrected chi connectivity index (χ4v) is 4.89. The molecule has 0 radical (unpaired) electrons. The minimum Gasteiger partial charge on any atom is -0.392 e. The van der Waals surface area contributed by atoms with Crippen LogP contribution in [-0.2, 0) is 16.6 Å². The highest BCUT2D eigenvalue weighted by atomic mass is 35.5. The molecule has 0 heterocycles. The van der Waals surface area contributed by atoms with Crippen LogP contribution >= 0.6 is 23.2 Å². The Morgan fingerprint density at radius 3 is 2.48 bits per heavy atom. The van der Waals surface area contributed by atoms with Gasteiger partial charge in [-0.2, -0.15) is 0 Å². The Hall–Kier alpha value is -0.330. The van der Waals surface area contributed by atoms with E-state index in [2.05, 4.69) is 0 Å². The summed E-state index contributed by atoms with van der Waals surface area (Å²) in [5, 5.41) is 9.54. The van der Waals surface area contributed by atoms with Crippen LogP contribution in [0.5, 0.6) is 0 Å². The van der Waals surface area contributed by atoms with Gasteiger partial charge in [0.2, 0.25) is 10.0 Å². The lowest BCUT2D eigenvalue weighted by molar-refractivity contribution is 0.281. The van der Waals surface area contributed by atoms with Gasteiger partial charge in [0.1, 0.15) is 4.90 Å². The Labute approximate surface area is 135 Å². The van der Waals surface area contributed by atoms with Gasteiger partial charge in [0.25, 0.3) is 0 Å². The van der Waals surface area contributed by atoms with Gasteiger partial charge in [-0.3, -0.25) is 0 Å². The summed E-state index contributed by atoms with van der Waals surface area (Å²) in [5.41, 5.74) is 0.317. The zero-order valence-corrected chi connectivity index (χ0v) is 14.2. The molecule has 118 valence electrons.